The van der Waals surface area contributed by atoms with E-state index in [0.29, 0.717) is 0 Å². The van der Waals surface area contributed by atoms with Crippen molar-refractivity contribution < 1.29 is 0 Å². The molecule has 0 N–H and O–H groups in total. The predicted octanol–water partition coefficient (Wildman–Crippen LogP) is 3.81. The van der Waals surface area contributed by atoms with Crippen LogP contribution < -0.4 is 0 Å². The Morgan fingerprint density at radius 1 is 1.31 bits per heavy atom. The summed E-state index contributed by atoms with van der Waals surface area (Å²) in [4.78, 5) is 4.55. The van der Waals surface area contributed by atoms with Crippen molar-refractivity contribution in [1.29, 1.82) is 0 Å². The van der Waals surface area contributed by atoms with Gasteiger partial charge in [-0.15, -0.1) is 0 Å². The van der Waals surface area contributed by atoms with Crippen molar-refractivity contribution in [2.45, 2.75) is 34.1 Å². The Balaban J connectivity index is 3.07. The molecule has 0 aliphatic rings. The average molecular weight is 175 g/mol. The maximum absolute atomic E-state index is 4.55. The van der Waals surface area contributed by atoms with Crippen molar-refractivity contribution in [2.75, 3.05) is 0 Å². The standard InChI is InChI=1S/C12H17N/c1-5-11(4)13-12-8-9(2)6-7-10(12)3/h6-8H,5H2,1-4H3. The van der Waals surface area contributed by atoms with Crippen molar-refractivity contribution in [3.8, 4) is 0 Å². The van der Waals surface area contributed by atoms with Crippen LogP contribution in [0.15, 0.2) is 23.2 Å². The third-order valence-corrected chi connectivity index (χ3v) is 2.19. The first-order valence-corrected chi connectivity index (χ1v) is 4.75. The molecule has 1 aromatic rings. The maximum Gasteiger partial charge on any atom is 0.0660 e. The monoisotopic (exact) mass is 175 g/mol. The van der Waals surface area contributed by atoms with Crippen LogP contribution in [0.2, 0.25) is 0 Å². The summed E-state index contributed by atoms with van der Waals surface area (Å²) in [5.41, 5.74) is 4.82. The van der Waals surface area contributed by atoms with E-state index in [4.69, 9.17) is 0 Å². The van der Waals surface area contributed by atoms with E-state index in [0.717, 1.165) is 12.1 Å². The first-order chi connectivity index (χ1) is 6.13. The minimum atomic E-state index is 1.02. The lowest BCUT2D eigenvalue weighted by Crippen LogP contribution is -1.87. The number of aryl methyl sites for hydroxylation is 2. The second-order valence-electron chi connectivity index (χ2n) is 3.49. The highest BCUT2D eigenvalue weighted by Gasteiger charge is 1.96. The molecule has 0 spiro atoms. The maximum atomic E-state index is 4.55. The van der Waals surface area contributed by atoms with E-state index in [1.54, 1.807) is 0 Å². The fourth-order valence-corrected chi connectivity index (χ4v) is 1.12. The molecule has 1 aromatic carbocycles. The highest BCUT2D eigenvalue weighted by molar-refractivity contribution is 5.84. The molecule has 0 aliphatic heterocycles. The number of benzene rings is 1. The summed E-state index contributed by atoms with van der Waals surface area (Å²) in [6.07, 6.45) is 1.02. The van der Waals surface area contributed by atoms with Crippen molar-refractivity contribution in [1.82, 2.24) is 0 Å². The van der Waals surface area contributed by atoms with E-state index in [9.17, 15) is 0 Å². The van der Waals surface area contributed by atoms with Gasteiger partial charge in [0.1, 0.15) is 0 Å². The zero-order valence-electron chi connectivity index (χ0n) is 8.89. The quantitative estimate of drug-likeness (QED) is 0.606. The van der Waals surface area contributed by atoms with Gasteiger partial charge >= 0.3 is 0 Å². The van der Waals surface area contributed by atoms with Crippen LogP contribution in [-0.4, -0.2) is 5.71 Å². The van der Waals surface area contributed by atoms with Crippen LogP contribution in [-0.2, 0) is 0 Å². The molecule has 13 heavy (non-hydrogen) atoms. The van der Waals surface area contributed by atoms with Crippen LogP contribution >= 0.6 is 0 Å². The summed E-state index contributed by atoms with van der Waals surface area (Å²) < 4.78 is 0. The first kappa shape index (κ1) is 9.97. The van der Waals surface area contributed by atoms with Gasteiger partial charge in [0, 0.05) is 5.71 Å². The number of hydrogen-bond donors (Lipinski definition) is 0. The highest BCUT2D eigenvalue weighted by atomic mass is 14.7. The van der Waals surface area contributed by atoms with Crippen molar-refractivity contribution in [3.63, 3.8) is 0 Å². The molecule has 70 valence electrons. The molecule has 0 bridgehead atoms. The summed E-state index contributed by atoms with van der Waals surface area (Å²) >= 11 is 0. The zero-order valence-corrected chi connectivity index (χ0v) is 8.89. The molecule has 0 atom stereocenters. The van der Waals surface area contributed by atoms with Gasteiger partial charge in [-0.05, 0) is 44.4 Å². The third-order valence-electron chi connectivity index (χ3n) is 2.19. The molecule has 0 fully saturated rings. The first-order valence-electron chi connectivity index (χ1n) is 4.75. The number of rotatable bonds is 2. The minimum absolute atomic E-state index is 1.02. The van der Waals surface area contributed by atoms with Gasteiger partial charge in [-0.3, -0.25) is 4.99 Å². The summed E-state index contributed by atoms with van der Waals surface area (Å²) in [5, 5.41) is 0. The van der Waals surface area contributed by atoms with Gasteiger partial charge in [0.25, 0.3) is 0 Å². The van der Waals surface area contributed by atoms with E-state index in [-0.39, 0.29) is 0 Å². The van der Waals surface area contributed by atoms with E-state index < -0.39 is 0 Å². The largest absolute Gasteiger partial charge is 0.258 e. The van der Waals surface area contributed by atoms with Crippen LogP contribution in [0.4, 0.5) is 5.69 Å². The molecule has 0 aliphatic carbocycles. The molecule has 0 radical (unpaired) electrons. The van der Waals surface area contributed by atoms with Gasteiger partial charge in [0.2, 0.25) is 0 Å². The van der Waals surface area contributed by atoms with Crippen LogP contribution in [0.3, 0.4) is 0 Å². The predicted molar refractivity (Wildman–Crippen MR) is 59.0 cm³/mol. The number of hydrogen-bond acceptors (Lipinski definition) is 1. The molecule has 1 nitrogen and oxygen atoms in total. The summed E-state index contributed by atoms with van der Waals surface area (Å²) in [6, 6.07) is 6.38. The van der Waals surface area contributed by atoms with E-state index in [1.807, 2.05) is 0 Å². The van der Waals surface area contributed by atoms with E-state index >= 15 is 0 Å². The molecule has 0 saturated heterocycles. The third kappa shape index (κ3) is 2.69. The zero-order chi connectivity index (χ0) is 9.84. The van der Waals surface area contributed by atoms with Gasteiger partial charge < -0.3 is 0 Å². The second-order valence-corrected chi connectivity index (χ2v) is 3.49. The molecular formula is C12H17N. The van der Waals surface area contributed by atoms with Crippen molar-refractivity contribution in [2.24, 2.45) is 4.99 Å². The van der Waals surface area contributed by atoms with Crippen LogP contribution in [0.1, 0.15) is 31.4 Å². The molecule has 0 saturated carbocycles. The summed E-state index contributed by atoms with van der Waals surface area (Å²) in [6.45, 7) is 8.40. The van der Waals surface area contributed by atoms with Gasteiger partial charge in [-0.25, -0.2) is 0 Å². The highest BCUT2D eigenvalue weighted by Crippen LogP contribution is 2.20. The van der Waals surface area contributed by atoms with E-state index in [2.05, 4.69) is 50.9 Å². The smallest absolute Gasteiger partial charge is 0.0660 e. The Morgan fingerprint density at radius 3 is 2.62 bits per heavy atom. The van der Waals surface area contributed by atoms with Crippen LogP contribution in [0.25, 0.3) is 0 Å². The lowest BCUT2D eigenvalue weighted by atomic mass is 10.1. The summed E-state index contributed by atoms with van der Waals surface area (Å²) in [7, 11) is 0. The van der Waals surface area contributed by atoms with Gasteiger partial charge in [0.15, 0.2) is 0 Å². The fraction of sp³-hybridized carbons (Fsp3) is 0.417. The Labute approximate surface area is 80.5 Å². The lowest BCUT2D eigenvalue weighted by molar-refractivity contribution is 1.24. The average Bonchev–Trinajstić information content (AvgIpc) is 2.11. The van der Waals surface area contributed by atoms with Crippen LogP contribution in [0.5, 0.6) is 0 Å². The molecule has 0 aromatic heterocycles. The Kier molecular flexibility index (Phi) is 3.24. The van der Waals surface area contributed by atoms with Crippen molar-refractivity contribution in [3.05, 3.63) is 29.3 Å². The van der Waals surface area contributed by atoms with Gasteiger partial charge in [0.05, 0.1) is 5.69 Å². The molecule has 1 heteroatoms. The van der Waals surface area contributed by atoms with Gasteiger partial charge in [-0.2, -0.15) is 0 Å². The van der Waals surface area contributed by atoms with Crippen molar-refractivity contribution >= 4 is 11.4 Å². The van der Waals surface area contributed by atoms with Crippen LogP contribution in [0, 0.1) is 13.8 Å². The topological polar surface area (TPSA) is 12.4 Å². The second kappa shape index (κ2) is 4.22. The normalized spacial score (nSPS) is 11.8. The molecule has 0 amide bonds. The van der Waals surface area contributed by atoms with Gasteiger partial charge in [-0.1, -0.05) is 19.1 Å². The number of nitrogens with zero attached hydrogens (tertiary/aromatic N) is 1. The molecule has 0 heterocycles. The Hall–Kier alpha value is -1.11. The fourth-order valence-electron chi connectivity index (χ4n) is 1.12. The molecule has 1 rings (SSSR count). The molecule has 0 unspecified atom stereocenters. The summed E-state index contributed by atoms with van der Waals surface area (Å²) in [5.74, 6) is 0. The SMILES string of the molecule is CCC(C)=Nc1cc(C)ccc1C. The number of aliphatic imine (C=N–C) groups is 1. The van der Waals surface area contributed by atoms with E-state index in [1.165, 1.54) is 16.8 Å². The lowest BCUT2D eigenvalue weighted by Gasteiger charge is -2.02. The Morgan fingerprint density at radius 2 is 2.00 bits per heavy atom. The minimum Gasteiger partial charge on any atom is -0.258 e. The Bertz CT molecular complexity index is 324. The molecular weight excluding hydrogens is 158 g/mol.